The Labute approximate surface area is 131 Å². The maximum atomic E-state index is 6.36. The summed E-state index contributed by atoms with van der Waals surface area (Å²) in [6, 6.07) is 8.19. The summed E-state index contributed by atoms with van der Waals surface area (Å²) >= 11 is 11.6. The van der Waals surface area contributed by atoms with Gasteiger partial charge in [0.05, 0.1) is 17.3 Å². The lowest BCUT2D eigenvalue weighted by atomic mass is 10.1. The molecule has 0 saturated heterocycles. The lowest BCUT2D eigenvalue weighted by molar-refractivity contribution is 0.807. The molecule has 1 N–H and O–H groups in total. The first-order valence-corrected chi connectivity index (χ1v) is 8.03. The average molecular weight is 360 g/mol. The molecule has 0 fully saturated rings. The molecule has 1 aromatic carbocycles. The highest BCUT2D eigenvalue weighted by Gasteiger charge is 2.12. The van der Waals surface area contributed by atoms with Crippen LogP contribution in [0.4, 0.5) is 5.69 Å². The van der Waals surface area contributed by atoms with Gasteiger partial charge in [0, 0.05) is 28.3 Å². The summed E-state index contributed by atoms with van der Waals surface area (Å²) < 4.78 is 1.13. The van der Waals surface area contributed by atoms with Crippen molar-refractivity contribution in [3.05, 3.63) is 49.6 Å². The zero-order valence-corrected chi connectivity index (χ0v) is 14.1. The van der Waals surface area contributed by atoms with Crippen molar-refractivity contribution >= 4 is 44.6 Å². The molecule has 2 nitrogen and oxygen atoms in total. The van der Waals surface area contributed by atoms with Crippen LogP contribution in [-0.2, 0) is 13.1 Å². The van der Waals surface area contributed by atoms with Gasteiger partial charge in [-0.3, -0.25) is 0 Å². The molecular weight excluding hydrogens is 344 g/mol. The first-order valence-electron chi connectivity index (χ1n) is 5.98. The molecule has 1 aromatic heterocycles. The molecule has 0 unspecified atom stereocenters. The first kappa shape index (κ1) is 14.9. The molecule has 19 heavy (non-hydrogen) atoms. The number of hydrogen-bond donors (Lipinski definition) is 1. The number of anilines is 1. The number of thiophene rings is 1. The van der Waals surface area contributed by atoms with Crippen molar-refractivity contribution in [2.75, 3.05) is 19.0 Å². The minimum atomic E-state index is 0.797. The van der Waals surface area contributed by atoms with E-state index in [9.17, 15) is 0 Å². The Morgan fingerprint density at radius 2 is 2.21 bits per heavy atom. The SMILES string of the molecule is CNCc1cccc(Cl)c1N(C)Cc1cc(Br)cs1. The highest BCUT2D eigenvalue weighted by atomic mass is 79.9. The Kier molecular flexibility index (Phi) is 5.28. The Balaban J connectivity index is 2.24. The number of halogens is 2. The molecule has 102 valence electrons. The van der Waals surface area contributed by atoms with Gasteiger partial charge in [-0.1, -0.05) is 23.7 Å². The third kappa shape index (κ3) is 3.72. The summed E-state index contributed by atoms with van der Waals surface area (Å²) in [6.45, 7) is 1.67. The van der Waals surface area contributed by atoms with Crippen LogP contribution in [0.25, 0.3) is 0 Å². The van der Waals surface area contributed by atoms with Crippen LogP contribution in [0.15, 0.2) is 34.1 Å². The van der Waals surface area contributed by atoms with Gasteiger partial charge in [-0.25, -0.2) is 0 Å². The van der Waals surface area contributed by atoms with Crippen molar-refractivity contribution in [3.63, 3.8) is 0 Å². The zero-order chi connectivity index (χ0) is 13.8. The number of hydrogen-bond acceptors (Lipinski definition) is 3. The molecule has 0 bridgehead atoms. The number of rotatable bonds is 5. The summed E-state index contributed by atoms with van der Waals surface area (Å²) in [6.07, 6.45) is 0. The minimum Gasteiger partial charge on any atom is -0.368 e. The molecule has 2 rings (SSSR count). The largest absolute Gasteiger partial charge is 0.368 e. The maximum absolute atomic E-state index is 6.36. The van der Waals surface area contributed by atoms with Crippen molar-refractivity contribution in [2.24, 2.45) is 0 Å². The van der Waals surface area contributed by atoms with E-state index in [4.69, 9.17) is 11.6 Å². The molecule has 0 aliphatic rings. The van der Waals surface area contributed by atoms with E-state index in [0.29, 0.717) is 0 Å². The monoisotopic (exact) mass is 358 g/mol. The van der Waals surface area contributed by atoms with E-state index in [0.717, 1.165) is 28.3 Å². The second-order valence-electron chi connectivity index (χ2n) is 4.37. The van der Waals surface area contributed by atoms with E-state index in [1.807, 2.05) is 19.2 Å². The van der Waals surface area contributed by atoms with E-state index in [-0.39, 0.29) is 0 Å². The summed E-state index contributed by atoms with van der Waals surface area (Å²) in [5.41, 5.74) is 2.32. The average Bonchev–Trinajstić information content (AvgIpc) is 2.75. The van der Waals surface area contributed by atoms with Crippen LogP contribution in [-0.4, -0.2) is 14.1 Å². The van der Waals surface area contributed by atoms with Gasteiger partial charge in [-0.05, 0) is 40.7 Å². The fourth-order valence-corrected chi connectivity index (χ4v) is 3.91. The van der Waals surface area contributed by atoms with Gasteiger partial charge in [-0.2, -0.15) is 0 Å². The van der Waals surface area contributed by atoms with Gasteiger partial charge >= 0.3 is 0 Å². The fourth-order valence-electron chi connectivity index (χ4n) is 2.07. The van der Waals surface area contributed by atoms with E-state index >= 15 is 0 Å². The highest BCUT2D eigenvalue weighted by Crippen LogP contribution is 2.31. The minimum absolute atomic E-state index is 0.797. The number of para-hydroxylation sites is 1. The lowest BCUT2D eigenvalue weighted by Crippen LogP contribution is -2.19. The summed E-state index contributed by atoms with van der Waals surface area (Å²) in [5.74, 6) is 0. The van der Waals surface area contributed by atoms with Crippen LogP contribution in [0.1, 0.15) is 10.4 Å². The summed E-state index contributed by atoms with van der Waals surface area (Å²) in [5, 5.41) is 6.08. The zero-order valence-electron chi connectivity index (χ0n) is 10.9. The van der Waals surface area contributed by atoms with Crippen LogP contribution in [0.2, 0.25) is 5.02 Å². The molecule has 0 saturated carbocycles. The van der Waals surface area contributed by atoms with Crippen LogP contribution in [0.3, 0.4) is 0 Å². The Hall–Kier alpha value is -0.550. The van der Waals surface area contributed by atoms with Gasteiger partial charge in [-0.15, -0.1) is 11.3 Å². The number of nitrogens with one attached hydrogen (secondary N) is 1. The van der Waals surface area contributed by atoms with Crippen LogP contribution in [0.5, 0.6) is 0 Å². The lowest BCUT2D eigenvalue weighted by Gasteiger charge is -2.23. The number of nitrogens with zero attached hydrogens (tertiary/aromatic N) is 1. The smallest absolute Gasteiger partial charge is 0.0642 e. The number of benzene rings is 1. The molecule has 0 aliphatic heterocycles. The molecular formula is C14H16BrClN2S. The normalized spacial score (nSPS) is 10.7. The van der Waals surface area contributed by atoms with Crippen molar-refractivity contribution in [2.45, 2.75) is 13.1 Å². The van der Waals surface area contributed by atoms with Gasteiger partial charge in [0.2, 0.25) is 0 Å². The first-order chi connectivity index (χ1) is 9.11. The van der Waals surface area contributed by atoms with Crippen molar-refractivity contribution in [1.29, 1.82) is 0 Å². The Morgan fingerprint density at radius 3 is 2.84 bits per heavy atom. The molecule has 0 radical (unpaired) electrons. The molecule has 1 heterocycles. The standard InChI is InChI=1S/C14H16BrClN2S/c1-17-7-10-4-3-5-13(16)14(10)18(2)8-12-6-11(15)9-19-12/h3-6,9,17H,7-8H2,1-2H3. The predicted octanol–water partition coefficient (Wildman–Crippen LogP) is 4.52. The third-order valence-corrected chi connectivity index (χ3v) is 4.82. The molecule has 0 amide bonds. The Bertz CT molecular complexity index is 556. The topological polar surface area (TPSA) is 15.3 Å². The van der Waals surface area contributed by atoms with Crippen molar-refractivity contribution < 1.29 is 0 Å². The highest BCUT2D eigenvalue weighted by molar-refractivity contribution is 9.10. The quantitative estimate of drug-likeness (QED) is 0.844. The second-order valence-corrected chi connectivity index (χ2v) is 6.68. The summed E-state index contributed by atoms with van der Waals surface area (Å²) in [4.78, 5) is 3.51. The molecule has 0 spiro atoms. The van der Waals surface area contributed by atoms with E-state index in [1.54, 1.807) is 11.3 Å². The molecule has 5 heteroatoms. The van der Waals surface area contributed by atoms with Crippen LogP contribution in [0, 0.1) is 0 Å². The molecule has 0 aliphatic carbocycles. The van der Waals surface area contributed by atoms with Gasteiger partial charge in [0.25, 0.3) is 0 Å². The maximum Gasteiger partial charge on any atom is 0.0642 e. The van der Waals surface area contributed by atoms with E-state index in [1.165, 1.54) is 10.4 Å². The van der Waals surface area contributed by atoms with Gasteiger partial charge in [0.1, 0.15) is 0 Å². The van der Waals surface area contributed by atoms with Gasteiger partial charge < -0.3 is 10.2 Å². The molecule has 0 atom stereocenters. The van der Waals surface area contributed by atoms with Crippen molar-refractivity contribution in [3.8, 4) is 0 Å². The van der Waals surface area contributed by atoms with E-state index in [2.05, 4.69) is 50.7 Å². The van der Waals surface area contributed by atoms with Gasteiger partial charge in [0.15, 0.2) is 0 Å². The van der Waals surface area contributed by atoms with E-state index < -0.39 is 0 Å². The molecule has 2 aromatic rings. The fraction of sp³-hybridized carbons (Fsp3) is 0.286. The summed E-state index contributed by atoms with van der Waals surface area (Å²) in [7, 11) is 4.02. The van der Waals surface area contributed by atoms with Crippen LogP contribution < -0.4 is 10.2 Å². The van der Waals surface area contributed by atoms with Crippen molar-refractivity contribution in [1.82, 2.24) is 5.32 Å². The predicted molar refractivity (Wildman–Crippen MR) is 88.3 cm³/mol. The third-order valence-electron chi connectivity index (χ3n) is 2.83. The second kappa shape index (κ2) is 6.75. The van der Waals surface area contributed by atoms with Crippen LogP contribution >= 0.6 is 38.9 Å². The Morgan fingerprint density at radius 1 is 1.42 bits per heavy atom.